The van der Waals surface area contributed by atoms with Crippen LogP contribution < -0.4 is 11.1 Å². The number of hydrogen-bond donors (Lipinski definition) is 2. The van der Waals surface area contributed by atoms with E-state index in [9.17, 15) is 4.79 Å². The topological polar surface area (TPSA) is 58.4 Å². The zero-order valence-corrected chi connectivity index (χ0v) is 13.5. The number of benzene rings is 1. The average Bonchev–Trinajstić information content (AvgIpc) is 3.24. The molecule has 0 bridgehead atoms. The van der Waals surface area contributed by atoms with Gasteiger partial charge < -0.3 is 11.1 Å². The molecule has 0 heterocycles. The fourth-order valence-corrected chi connectivity index (χ4v) is 2.59. The number of nitrogens with one attached hydrogen (secondary N) is 1. The van der Waals surface area contributed by atoms with Crippen molar-refractivity contribution in [3.8, 4) is 0 Å². The number of amides is 1. The highest BCUT2D eigenvalue weighted by atomic mass is 16.2. The molecule has 2 rings (SSSR count). The molecule has 1 unspecified atom stereocenters. The Hall–Kier alpha value is -1.55. The predicted molar refractivity (Wildman–Crippen MR) is 88.2 cm³/mol. The van der Waals surface area contributed by atoms with Gasteiger partial charge in [0.25, 0.3) is 0 Å². The fraction of sp³-hybridized carbons (Fsp3) is 0.588. The first kappa shape index (κ1) is 15.8. The SMILES string of the molecule is Cc1c(N)cccc1NC(=O)C(C)N(CC1CC1)C(C)C. The highest BCUT2D eigenvalue weighted by Crippen LogP contribution is 2.31. The van der Waals surface area contributed by atoms with Gasteiger partial charge in [-0.2, -0.15) is 0 Å². The maximum Gasteiger partial charge on any atom is 0.241 e. The molecule has 116 valence electrons. The molecule has 4 nitrogen and oxygen atoms in total. The van der Waals surface area contributed by atoms with Gasteiger partial charge in [0.15, 0.2) is 0 Å². The van der Waals surface area contributed by atoms with Crippen LogP contribution in [-0.4, -0.2) is 29.4 Å². The van der Waals surface area contributed by atoms with Crippen LogP contribution >= 0.6 is 0 Å². The summed E-state index contributed by atoms with van der Waals surface area (Å²) in [6, 6.07) is 5.85. The normalized spacial score (nSPS) is 16.3. The van der Waals surface area contributed by atoms with Gasteiger partial charge in [0.1, 0.15) is 0 Å². The Balaban J connectivity index is 2.05. The van der Waals surface area contributed by atoms with E-state index in [1.165, 1.54) is 12.8 Å². The minimum absolute atomic E-state index is 0.0399. The van der Waals surface area contributed by atoms with E-state index in [-0.39, 0.29) is 11.9 Å². The molecule has 0 spiro atoms. The molecular formula is C17H27N3O. The number of nitrogen functional groups attached to an aromatic ring is 1. The van der Waals surface area contributed by atoms with Crippen molar-refractivity contribution in [2.24, 2.45) is 5.92 Å². The minimum atomic E-state index is -0.133. The van der Waals surface area contributed by atoms with Crippen LogP contribution in [0.2, 0.25) is 0 Å². The third kappa shape index (κ3) is 3.97. The van der Waals surface area contributed by atoms with Gasteiger partial charge in [-0.1, -0.05) is 6.07 Å². The van der Waals surface area contributed by atoms with Gasteiger partial charge in [-0.3, -0.25) is 9.69 Å². The number of rotatable bonds is 6. The Bertz CT molecular complexity index is 509. The van der Waals surface area contributed by atoms with E-state index >= 15 is 0 Å². The van der Waals surface area contributed by atoms with Crippen molar-refractivity contribution in [1.29, 1.82) is 0 Å². The van der Waals surface area contributed by atoms with Crippen molar-refractivity contribution in [1.82, 2.24) is 4.90 Å². The monoisotopic (exact) mass is 289 g/mol. The molecule has 1 amide bonds. The van der Waals surface area contributed by atoms with Crippen molar-refractivity contribution >= 4 is 17.3 Å². The lowest BCUT2D eigenvalue weighted by Crippen LogP contribution is -2.46. The lowest BCUT2D eigenvalue weighted by atomic mass is 10.1. The van der Waals surface area contributed by atoms with Gasteiger partial charge in [-0.15, -0.1) is 0 Å². The van der Waals surface area contributed by atoms with Crippen LogP contribution in [-0.2, 0) is 4.79 Å². The first-order chi connectivity index (χ1) is 9.90. The molecule has 1 fully saturated rings. The van der Waals surface area contributed by atoms with Crippen LogP contribution in [0.5, 0.6) is 0 Å². The van der Waals surface area contributed by atoms with Crippen LogP contribution in [0.4, 0.5) is 11.4 Å². The summed E-state index contributed by atoms with van der Waals surface area (Å²) in [7, 11) is 0. The standard InChI is InChI=1S/C17H27N3O/c1-11(2)20(10-14-8-9-14)13(4)17(21)19-16-7-5-6-15(18)12(16)3/h5-7,11,13-14H,8-10,18H2,1-4H3,(H,19,21). The molecule has 1 aromatic carbocycles. The molecule has 0 saturated heterocycles. The second kappa shape index (κ2) is 6.48. The lowest BCUT2D eigenvalue weighted by molar-refractivity contribution is -0.121. The molecule has 1 aliphatic carbocycles. The van der Waals surface area contributed by atoms with Gasteiger partial charge in [0, 0.05) is 24.0 Å². The molecule has 0 aliphatic heterocycles. The van der Waals surface area contributed by atoms with Crippen LogP contribution in [0.3, 0.4) is 0 Å². The molecule has 21 heavy (non-hydrogen) atoms. The molecule has 3 N–H and O–H groups in total. The summed E-state index contributed by atoms with van der Waals surface area (Å²) in [4.78, 5) is 14.8. The highest BCUT2D eigenvalue weighted by Gasteiger charge is 2.30. The van der Waals surface area contributed by atoms with Crippen molar-refractivity contribution in [2.45, 2.75) is 52.6 Å². The summed E-state index contributed by atoms with van der Waals surface area (Å²) < 4.78 is 0. The summed E-state index contributed by atoms with van der Waals surface area (Å²) in [5.74, 6) is 0.815. The Morgan fingerprint density at radius 1 is 1.38 bits per heavy atom. The zero-order valence-electron chi connectivity index (χ0n) is 13.5. The van der Waals surface area contributed by atoms with E-state index in [1.807, 2.05) is 32.0 Å². The van der Waals surface area contributed by atoms with Gasteiger partial charge >= 0.3 is 0 Å². The maximum absolute atomic E-state index is 12.5. The zero-order chi connectivity index (χ0) is 15.6. The Morgan fingerprint density at radius 3 is 2.62 bits per heavy atom. The summed E-state index contributed by atoms with van der Waals surface area (Å²) in [5, 5.41) is 3.02. The third-order valence-corrected chi connectivity index (χ3v) is 4.34. The third-order valence-electron chi connectivity index (χ3n) is 4.34. The Morgan fingerprint density at radius 2 is 2.05 bits per heavy atom. The Labute approximate surface area is 127 Å². The van der Waals surface area contributed by atoms with Crippen LogP contribution in [0.15, 0.2) is 18.2 Å². The average molecular weight is 289 g/mol. The molecule has 1 aliphatic rings. The first-order valence-electron chi connectivity index (χ1n) is 7.81. The number of nitrogens with zero attached hydrogens (tertiary/aromatic N) is 1. The van der Waals surface area contributed by atoms with Gasteiger partial charge in [-0.25, -0.2) is 0 Å². The van der Waals surface area contributed by atoms with E-state index in [4.69, 9.17) is 5.73 Å². The minimum Gasteiger partial charge on any atom is -0.398 e. The highest BCUT2D eigenvalue weighted by molar-refractivity contribution is 5.95. The summed E-state index contributed by atoms with van der Waals surface area (Å²) in [5.41, 5.74) is 8.34. The van der Waals surface area contributed by atoms with Crippen LogP contribution in [0, 0.1) is 12.8 Å². The van der Waals surface area contributed by atoms with E-state index in [2.05, 4.69) is 24.1 Å². The lowest BCUT2D eigenvalue weighted by Gasteiger charge is -2.32. The molecule has 1 saturated carbocycles. The number of carbonyl (C=O) groups excluding carboxylic acids is 1. The van der Waals surface area contributed by atoms with E-state index < -0.39 is 0 Å². The van der Waals surface area contributed by atoms with Crippen molar-refractivity contribution < 1.29 is 4.79 Å². The first-order valence-corrected chi connectivity index (χ1v) is 7.81. The quantitative estimate of drug-likeness (QED) is 0.791. The van der Waals surface area contributed by atoms with Gasteiger partial charge in [0.2, 0.25) is 5.91 Å². The molecule has 1 aromatic rings. The van der Waals surface area contributed by atoms with Gasteiger partial charge in [-0.05, 0) is 64.2 Å². The van der Waals surface area contributed by atoms with Gasteiger partial charge in [0.05, 0.1) is 6.04 Å². The number of anilines is 2. The predicted octanol–water partition coefficient (Wildman–Crippen LogP) is 3.02. The fourth-order valence-electron chi connectivity index (χ4n) is 2.59. The smallest absolute Gasteiger partial charge is 0.241 e. The number of hydrogen-bond acceptors (Lipinski definition) is 3. The van der Waals surface area contributed by atoms with E-state index in [0.29, 0.717) is 11.7 Å². The van der Waals surface area contributed by atoms with Crippen LogP contribution in [0.25, 0.3) is 0 Å². The summed E-state index contributed by atoms with van der Waals surface area (Å²) in [6.45, 7) is 9.23. The second-order valence-corrected chi connectivity index (χ2v) is 6.42. The molecule has 4 heteroatoms. The van der Waals surface area contributed by atoms with Crippen molar-refractivity contribution in [2.75, 3.05) is 17.6 Å². The largest absolute Gasteiger partial charge is 0.398 e. The van der Waals surface area contributed by atoms with E-state index in [0.717, 1.165) is 23.7 Å². The maximum atomic E-state index is 12.5. The second-order valence-electron chi connectivity index (χ2n) is 6.42. The van der Waals surface area contributed by atoms with Crippen LogP contribution in [0.1, 0.15) is 39.2 Å². The number of carbonyl (C=O) groups is 1. The molecule has 0 aromatic heterocycles. The number of nitrogens with two attached hydrogens (primary N) is 1. The molecule has 0 radical (unpaired) electrons. The van der Waals surface area contributed by atoms with E-state index in [1.54, 1.807) is 0 Å². The van der Waals surface area contributed by atoms with Crippen molar-refractivity contribution in [3.63, 3.8) is 0 Å². The summed E-state index contributed by atoms with van der Waals surface area (Å²) >= 11 is 0. The summed E-state index contributed by atoms with van der Waals surface area (Å²) in [6.07, 6.45) is 2.60. The molecular weight excluding hydrogens is 262 g/mol. The Kier molecular flexibility index (Phi) is 4.88. The molecule has 1 atom stereocenters. The van der Waals surface area contributed by atoms with Crippen molar-refractivity contribution in [3.05, 3.63) is 23.8 Å².